The third-order valence-electron chi connectivity index (χ3n) is 3.21. The molecule has 2 rings (SSSR count). The van der Waals surface area contributed by atoms with E-state index in [0.717, 1.165) is 15.6 Å². The van der Waals surface area contributed by atoms with Crippen LogP contribution in [0.4, 0.5) is 0 Å². The van der Waals surface area contributed by atoms with Crippen LogP contribution in [0.25, 0.3) is 11.3 Å². The molecule has 0 spiro atoms. The zero-order valence-corrected chi connectivity index (χ0v) is 12.9. The SMILES string of the molecule is Cc1c(Br)cc(C(C)C)c(O)c1-c1cc(C(=O)O)[nH]n1. The van der Waals surface area contributed by atoms with Gasteiger partial charge in [0.05, 0.1) is 5.69 Å². The van der Waals surface area contributed by atoms with Crippen molar-refractivity contribution >= 4 is 21.9 Å². The molecule has 0 aliphatic heterocycles. The minimum atomic E-state index is -1.08. The molecular weight excluding hydrogens is 324 g/mol. The average Bonchev–Trinajstić information content (AvgIpc) is 2.83. The van der Waals surface area contributed by atoms with Crippen LogP contribution in [0.15, 0.2) is 16.6 Å². The Balaban J connectivity index is 2.68. The van der Waals surface area contributed by atoms with Crippen molar-refractivity contribution in [3.8, 4) is 17.0 Å². The molecule has 5 nitrogen and oxygen atoms in total. The van der Waals surface area contributed by atoms with Crippen LogP contribution in [-0.4, -0.2) is 26.4 Å². The van der Waals surface area contributed by atoms with E-state index < -0.39 is 5.97 Å². The maximum Gasteiger partial charge on any atom is 0.353 e. The van der Waals surface area contributed by atoms with Crippen LogP contribution in [0.1, 0.15) is 41.4 Å². The van der Waals surface area contributed by atoms with Gasteiger partial charge in [-0.25, -0.2) is 4.79 Å². The van der Waals surface area contributed by atoms with Crippen molar-refractivity contribution in [3.63, 3.8) is 0 Å². The van der Waals surface area contributed by atoms with Crippen molar-refractivity contribution in [2.45, 2.75) is 26.7 Å². The Morgan fingerprint density at radius 3 is 2.55 bits per heavy atom. The van der Waals surface area contributed by atoms with Crippen molar-refractivity contribution in [3.05, 3.63) is 33.4 Å². The monoisotopic (exact) mass is 338 g/mol. The van der Waals surface area contributed by atoms with Gasteiger partial charge in [0.25, 0.3) is 0 Å². The summed E-state index contributed by atoms with van der Waals surface area (Å²) in [5.74, 6) is -0.798. The standard InChI is InChI=1S/C14H15BrN2O3/c1-6(2)8-4-9(15)7(3)12(13(8)18)10-5-11(14(19)20)17-16-10/h4-6,18H,1-3H3,(H,16,17)(H,19,20). The summed E-state index contributed by atoms with van der Waals surface area (Å²) in [5, 5.41) is 25.8. The number of nitrogens with zero attached hydrogens (tertiary/aromatic N) is 1. The van der Waals surface area contributed by atoms with Gasteiger partial charge in [-0.2, -0.15) is 5.10 Å². The van der Waals surface area contributed by atoms with Gasteiger partial charge in [0.15, 0.2) is 0 Å². The Kier molecular flexibility index (Phi) is 3.85. The Morgan fingerprint density at radius 1 is 1.40 bits per heavy atom. The fourth-order valence-electron chi connectivity index (χ4n) is 2.07. The number of hydrogen-bond donors (Lipinski definition) is 3. The first-order chi connectivity index (χ1) is 9.32. The molecule has 1 aromatic carbocycles. The molecule has 0 fully saturated rings. The Hall–Kier alpha value is -1.82. The third kappa shape index (κ3) is 2.43. The highest BCUT2D eigenvalue weighted by atomic mass is 79.9. The smallest absolute Gasteiger partial charge is 0.353 e. The van der Waals surface area contributed by atoms with Crippen LogP contribution in [-0.2, 0) is 0 Å². The largest absolute Gasteiger partial charge is 0.507 e. The number of aromatic nitrogens is 2. The number of halogens is 1. The van der Waals surface area contributed by atoms with Gasteiger partial charge in [0.2, 0.25) is 0 Å². The van der Waals surface area contributed by atoms with E-state index in [4.69, 9.17) is 5.11 Å². The number of carboxylic acid groups (broad SMARTS) is 1. The molecule has 1 heterocycles. The van der Waals surface area contributed by atoms with Crippen molar-refractivity contribution in [1.82, 2.24) is 10.2 Å². The fraction of sp³-hybridized carbons (Fsp3) is 0.286. The highest BCUT2D eigenvalue weighted by Crippen LogP contribution is 2.41. The number of aromatic hydroxyl groups is 1. The van der Waals surface area contributed by atoms with E-state index in [1.807, 2.05) is 26.8 Å². The fourth-order valence-corrected chi connectivity index (χ4v) is 2.51. The minimum Gasteiger partial charge on any atom is -0.507 e. The first-order valence-electron chi connectivity index (χ1n) is 6.14. The number of rotatable bonds is 3. The molecule has 0 atom stereocenters. The summed E-state index contributed by atoms with van der Waals surface area (Å²) in [6, 6.07) is 3.30. The summed E-state index contributed by atoms with van der Waals surface area (Å²) in [6.45, 7) is 5.81. The van der Waals surface area contributed by atoms with Gasteiger partial charge < -0.3 is 10.2 Å². The first-order valence-corrected chi connectivity index (χ1v) is 6.93. The number of phenolic OH excluding ortho intramolecular Hbond substituents is 1. The van der Waals surface area contributed by atoms with Crippen LogP contribution in [0, 0.1) is 6.92 Å². The predicted octanol–water partition coefficient (Wildman–Crippen LogP) is 3.67. The molecule has 0 bridgehead atoms. The summed E-state index contributed by atoms with van der Waals surface area (Å²) < 4.78 is 0.855. The van der Waals surface area contributed by atoms with Gasteiger partial charge in [-0.1, -0.05) is 29.8 Å². The van der Waals surface area contributed by atoms with E-state index >= 15 is 0 Å². The summed E-state index contributed by atoms with van der Waals surface area (Å²) in [6.07, 6.45) is 0. The summed E-state index contributed by atoms with van der Waals surface area (Å²) in [4.78, 5) is 10.9. The van der Waals surface area contributed by atoms with E-state index in [1.165, 1.54) is 6.07 Å². The number of carbonyl (C=O) groups is 1. The van der Waals surface area contributed by atoms with Gasteiger partial charge in [-0.05, 0) is 36.1 Å². The zero-order chi connectivity index (χ0) is 15.0. The van der Waals surface area contributed by atoms with E-state index in [9.17, 15) is 9.90 Å². The molecule has 0 aliphatic carbocycles. The first kappa shape index (κ1) is 14.6. The van der Waals surface area contributed by atoms with Crippen molar-refractivity contribution in [2.75, 3.05) is 0 Å². The molecule has 6 heteroatoms. The van der Waals surface area contributed by atoms with Gasteiger partial charge in [-0.3, -0.25) is 5.10 Å². The molecule has 0 saturated heterocycles. The molecule has 20 heavy (non-hydrogen) atoms. The van der Waals surface area contributed by atoms with Crippen LogP contribution >= 0.6 is 15.9 Å². The molecule has 106 valence electrons. The van der Waals surface area contributed by atoms with Gasteiger partial charge in [-0.15, -0.1) is 0 Å². The molecular formula is C14H15BrN2O3. The minimum absolute atomic E-state index is 0.00938. The highest BCUT2D eigenvalue weighted by Gasteiger charge is 2.20. The van der Waals surface area contributed by atoms with E-state index in [-0.39, 0.29) is 17.4 Å². The van der Waals surface area contributed by atoms with Crippen LogP contribution in [0.5, 0.6) is 5.75 Å². The zero-order valence-electron chi connectivity index (χ0n) is 11.4. The third-order valence-corrected chi connectivity index (χ3v) is 4.04. The molecule has 3 N–H and O–H groups in total. The lowest BCUT2D eigenvalue weighted by Gasteiger charge is -2.15. The van der Waals surface area contributed by atoms with Gasteiger partial charge in [0.1, 0.15) is 11.4 Å². The lowest BCUT2D eigenvalue weighted by molar-refractivity contribution is 0.0690. The lowest BCUT2D eigenvalue weighted by atomic mass is 9.94. The van der Waals surface area contributed by atoms with E-state index in [2.05, 4.69) is 26.1 Å². The molecule has 1 aromatic heterocycles. The van der Waals surface area contributed by atoms with Crippen LogP contribution < -0.4 is 0 Å². The van der Waals surface area contributed by atoms with Crippen LogP contribution in [0.3, 0.4) is 0 Å². The number of H-pyrrole nitrogens is 1. The normalized spacial score (nSPS) is 11.1. The van der Waals surface area contributed by atoms with Crippen molar-refractivity contribution in [1.29, 1.82) is 0 Å². The number of carboxylic acids is 1. The maximum atomic E-state index is 10.9. The molecule has 0 unspecified atom stereocenters. The second-order valence-corrected chi connectivity index (χ2v) is 5.78. The summed E-state index contributed by atoms with van der Waals surface area (Å²) in [7, 11) is 0. The molecule has 0 aliphatic rings. The molecule has 0 saturated carbocycles. The Labute approximate surface area is 124 Å². The molecule has 0 amide bonds. The molecule has 0 radical (unpaired) electrons. The Morgan fingerprint density at radius 2 is 2.05 bits per heavy atom. The van der Waals surface area contributed by atoms with Gasteiger partial charge in [0, 0.05) is 10.0 Å². The van der Waals surface area contributed by atoms with Crippen molar-refractivity contribution < 1.29 is 15.0 Å². The van der Waals surface area contributed by atoms with Gasteiger partial charge >= 0.3 is 5.97 Å². The van der Waals surface area contributed by atoms with E-state index in [0.29, 0.717) is 11.3 Å². The molecule has 2 aromatic rings. The Bertz CT molecular complexity index is 677. The quantitative estimate of drug-likeness (QED) is 0.796. The second-order valence-electron chi connectivity index (χ2n) is 4.92. The lowest BCUT2D eigenvalue weighted by Crippen LogP contribution is -1.95. The number of aromatic amines is 1. The number of phenols is 1. The number of benzene rings is 1. The maximum absolute atomic E-state index is 10.9. The second kappa shape index (κ2) is 5.28. The van der Waals surface area contributed by atoms with E-state index in [1.54, 1.807) is 0 Å². The van der Waals surface area contributed by atoms with Crippen LogP contribution in [0.2, 0.25) is 0 Å². The summed E-state index contributed by atoms with van der Waals surface area (Å²) in [5.41, 5.74) is 2.56. The predicted molar refractivity (Wildman–Crippen MR) is 79.2 cm³/mol. The topological polar surface area (TPSA) is 86.2 Å². The van der Waals surface area contributed by atoms with Crippen molar-refractivity contribution in [2.24, 2.45) is 0 Å². The average molecular weight is 339 g/mol. The number of nitrogens with one attached hydrogen (secondary N) is 1. The number of aromatic carboxylic acids is 1. The highest BCUT2D eigenvalue weighted by molar-refractivity contribution is 9.10. The number of hydrogen-bond acceptors (Lipinski definition) is 3. The summed E-state index contributed by atoms with van der Waals surface area (Å²) >= 11 is 3.47.